The molecule has 0 saturated heterocycles. The zero-order valence-electron chi connectivity index (χ0n) is 11.3. The van der Waals surface area contributed by atoms with Crippen LogP contribution in [-0.4, -0.2) is 34.8 Å². The molecule has 1 heterocycles. The van der Waals surface area contributed by atoms with E-state index in [1.54, 1.807) is 0 Å². The summed E-state index contributed by atoms with van der Waals surface area (Å²) in [5.74, 6) is 0.744. The lowest BCUT2D eigenvalue weighted by atomic mass is 10.2. The molecule has 0 aromatic carbocycles. The predicted molar refractivity (Wildman–Crippen MR) is 69.5 cm³/mol. The van der Waals surface area contributed by atoms with Gasteiger partial charge < -0.3 is 15.4 Å². The maximum absolute atomic E-state index is 11.3. The fourth-order valence-corrected chi connectivity index (χ4v) is 1.22. The molecule has 0 saturated carbocycles. The third kappa shape index (κ3) is 6.03. The van der Waals surface area contributed by atoms with E-state index < -0.39 is 11.7 Å². The lowest BCUT2D eigenvalue weighted by molar-refractivity contribution is 0.0530. The SMILES string of the molecule is Cc1cc(NCCNC(=O)OC(C)(C)C)ncn1. The van der Waals surface area contributed by atoms with Crippen molar-refractivity contribution in [2.45, 2.75) is 33.3 Å². The highest BCUT2D eigenvalue weighted by atomic mass is 16.6. The van der Waals surface area contributed by atoms with Gasteiger partial charge in [-0.3, -0.25) is 0 Å². The summed E-state index contributed by atoms with van der Waals surface area (Å²) in [7, 11) is 0. The van der Waals surface area contributed by atoms with Crippen LogP contribution in [0.5, 0.6) is 0 Å². The van der Waals surface area contributed by atoms with Crippen LogP contribution in [0.2, 0.25) is 0 Å². The molecule has 6 nitrogen and oxygen atoms in total. The molecular formula is C12H20N4O2. The fourth-order valence-electron chi connectivity index (χ4n) is 1.22. The lowest BCUT2D eigenvalue weighted by Crippen LogP contribution is -2.35. The van der Waals surface area contributed by atoms with E-state index in [4.69, 9.17) is 4.74 Å². The highest BCUT2D eigenvalue weighted by Gasteiger charge is 2.15. The molecule has 0 unspecified atom stereocenters. The molecule has 0 radical (unpaired) electrons. The van der Waals surface area contributed by atoms with Gasteiger partial charge in [0.2, 0.25) is 0 Å². The van der Waals surface area contributed by atoms with Crippen LogP contribution >= 0.6 is 0 Å². The number of nitrogens with one attached hydrogen (secondary N) is 2. The first-order chi connectivity index (χ1) is 8.37. The maximum Gasteiger partial charge on any atom is 0.407 e. The first-order valence-electron chi connectivity index (χ1n) is 5.86. The number of alkyl carbamates (subject to hydrolysis) is 1. The van der Waals surface area contributed by atoms with Gasteiger partial charge in [-0.2, -0.15) is 0 Å². The van der Waals surface area contributed by atoms with E-state index in [-0.39, 0.29) is 0 Å². The molecule has 18 heavy (non-hydrogen) atoms. The summed E-state index contributed by atoms with van der Waals surface area (Å²) in [6, 6.07) is 1.84. The molecule has 0 atom stereocenters. The van der Waals surface area contributed by atoms with Crippen LogP contribution in [0.4, 0.5) is 10.6 Å². The molecule has 0 bridgehead atoms. The van der Waals surface area contributed by atoms with Crippen molar-refractivity contribution in [3.8, 4) is 0 Å². The standard InChI is InChI=1S/C12H20N4O2/c1-9-7-10(16-8-15-9)13-5-6-14-11(17)18-12(2,3)4/h7-8H,5-6H2,1-4H3,(H,14,17)(H,13,15,16). The van der Waals surface area contributed by atoms with E-state index >= 15 is 0 Å². The molecular weight excluding hydrogens is 232 g/mol. The number of amides is 1. The van der Waals surface area contributed by atoms with Crippen molar-refractivity contribution in [3.63, 3.8) is 0 Å². The van der Waals surface area contributed by atoms with Crippen LogP contribution in [0.3, 0.4) is 0 Å². The zero-order valence-corrected chi connectivity index (χ0v) is 11.3. The van der Waals surface area contributed by atoms with E-state index in [2.05, 4.69) is 20.6 Å². The van der Waals surface area contributed by atoms with Crippen LogP contribution in [0, 0.1) is 6.92 Å². The molecule has 1 aromatic heterocycles. The monoisotopic (exact) mass is 252 g/mol. The fraction of sp³-hybridized carbons (Fsp3) is 0.583. The van der Waals surface area contributed by atoms with Gasteiger partial charge in [0.1, 0.15) is 17.7 Å². The number of hydrogen-bond donors (Lipinski definition) is 2. The summed E-state index contributed by atoms with van der Waals surface area (Å²) in [5, 5.41) is 5.74. The number of nitrogens with zero attached hydrogens (tertiary/aromatic N) is 2. The van der Waals surface area contributed by atoms with E-state index in [0.717, 1.165) is 11.5 Å². The Kier molecular flexibility index (Phi) is 4.88. The first kappa shape index (κ1) is 14.2. The van der Waals surface area contributed by atoms with Crippen molar-refractivity contribution in [1.29, 1.82) is 0 Å². The van der Waals surface area contributed by atoms with Crippen molar-refractivity contribution >= 4 is 11.9 Å². The van der Waals surface area contributed by atoms with Gasteiger partial charge in [-0.15, -0.1) is 0 Å². The molecule has 0 fully saturated rings. The number of anilines is 1. The van der Waals surface area contributed by atoms with Crippen molar-refractivity contribution in [2.75, 3.05) is 18.4 Å². The molecule has 1 rings (SSSR count). The Bertz CT molecular complexity index is 401. The summed E-state index contributed by atoms with van der Waals surface area (Å²) >= 11 is 0. The smallest absolute Gasteiger partial charge is 0.407 e. The van der Waals surface area contributed by atoms with Gasteiger partial charge in [0.05, 0.1) is 0 Å². The van der Waals surface area contributed by atoms with Gasteiger partial charge in [0, 0.05) is 24.8 Å². The number of carbonyl (C=O) groups excluding carboxylic acids is 1. The van der Waals surface area contributed by atoms with Crippen LogP contribution in [0.1, 0.15) is 26.5 Å². The number of aryl methyl sites for hydroxylation is 1. The average molecular weight is 252 g/mol. The second-order valence-corrected chi connectivity index (χ2v) is 4.90. The number of ether oxygens (including phenoxy) is 1. The molecule has 1 amide bonds. The minimum absolute atomic E-state index is 0.414. The highest BCUT2D eigenvalue weighted by Crippen LogP contribution is 2.06. The van der Waals surface area contributed by atoms with Crippen molar-refractivity contribution in [2.24, 2.45) is 0 Å². The molecule has 6 heteroatoms. The first-order valence-corrected chi connectivity index (χ1v) is 5.86. The lowest BCUT2D eigenvalue weighted by Gasteiger charge is -2.19. The van der Waals surface area contributed by atoms with Gasteiger partial charge in [0.15, 0.2) is 0 Å². The van der Waals surface area contributed by atoms with Crippen molar-refractivity contribution < 1.29 is 9.53 Å². The number of rotatable bonds is 4. The summed E-state index contributed by atoms with van der Waals surface area (Å²) in [5.41, 5.74) is 0.425. The Morgan fingerprint density at radius 1 is 1.33 bits per heavy atom. The van der Waals surface area contributed by atoms with Crippen LogP contribution < -0.4 is 10.6 Å². The summed E-state index contributed by atoms with van der Waals surface area (Å²) in [6.07, 6.45) is 1.09. The van der Waals surface area contributed by atoms with E-state index in [0.29, 0.717) is 13.1 Å². The Morgan fingerprint density at radius 3 is 2.67 bits per heavy atom. The maximum atomic E-state index is 11.3. The van der Waals surface area contributed by atoms with E-state index in [9.17, 15) is 4.79 Å². The van der Waals surface area contributed by atoms with Crippen molar-refractivity contribution in [3.05, 3.63) is 18.1 Å². The quantitative estimate of drug-likeness (QED) is 0.798. The largest absolute Gasteiger partial charge is 0.444 e. The average Bonchev–Trinajstić information content (AvgIpc) is 2.22. The molecule has 0 aliphatic rings. The topological polar surface area (TPSA) is 76.1 Å². The normalized spacial score (nSPS) is 10.9. The minimum atomic E-state index is -0.471. The minimum Gasteiger partial charge on any atom is -0.444 e. The van der Waals surface area contributed by atoms with Gasteiger partial charge in [-0.05, 0) is 27.7 Å². The highest BCUT2D eigenvalue weighted by molar-refractivity contribution is 5.67. The Morgan fingerprint density at radius 2 is 2.06 bits per heavy atom. The van der Waals surface area contributed by atoms with E-state index in [1.807, 2.05) is 33.8 Å². The van der Waals surface area contributed by atoms with Gasteiger partial charge in [-0.25, -0.2) is 14.8 Å². The second-order valence-electron chi connectivity index (χ2n) is 4.90. The van der Waals surface area contributed by atoms with Gasteiger partial charge >= 0.3 is 6.09 Å². The summed E-state index contributed by atoms with van der Waals surface area (Å²) in [4.78, 5) is 19.4. The molecule has 2 N–H and O–H groups in total. The van der Waals surface area contributed by atoms with Gasteiger partial charge in [0.25, 0.3) is 0 Å². The Labute approximate surface area is 107 Å². The Balaban J connectivity index is 2.21. The van der Waals surface area contributed by atoms with Gasteiger partial charge in [-0.1, -0.05) is 0 Å². The van der Waals surface area contributed by atoms with Crippen LogP contribution in [0.25, 0.3) is 0 Å². The van der Waals surface area contributed by atoms with E-state index in [1.165, 1.54) is 6.33 Å². The zero-order chi connectivity index (χ0) is 13.6. The molecule has 0 aliphatic heterocycles. The number of aromatic nitrogens is 2. The second kappa shape index (κ2) is 6.18. The van der Waals surface area contributed by atoms with Crippen LogP contribution in [-0.2, 0) is 4.74 Å². The summed E-state index contributed by atoms with van der Waals surface area (Å²) in [6.45, 7) is 8.43. The number of hydrogen-bond acceptors (Lipinski definition) is 5. The van der Waals surface area contributed by atoms with Crippen molar-refractivity contribution in [1.82, 2.24) is 15.3 Å². The van der Waals surface area contributed by atoms with Crippen LogP contribution in [0.15, 0.2) is 12.4 Å². The summed E-state index contributed by atoms with van der Waals surface area (Å²) < 4.78 is 5.11. The number of carbonyl (C=O) groups is 1. The Hall–Kier alpha value is -1.85. The predicted octanol–water partition coefficient (Wildman–Crippen LogP) is 1.72. The third-order valence-corrected chi connectivity index (χ3v) is 1.90. The molecule has 0 spiro atoms. The molecule has 1 aromatic rings. The molecule has 100 valence electrons. The third-order valence-electron chi connectivity index (χ3n) is 1.90. The molecule has 0 aliphatic carbocycles.